The molecular weight excluding hydrogens is 705 g/mol. The van der Waals surface area contributed by atoms with Crippen LogP contribution in [0.3, 0.4) is 0 Å². The predicted octanol–water partition coefficient (Wildman–Crippen LogP) is 14.8. The third kappa shape index (κ3) is 9.26. The summed E-state index contributed by atoms with van der Waals surface area (Å²) >= 11 is 0. The van der Waals surface area contributed by atoms with Crippen LogP contribution in [0, 0.1) is 21.7 Å². The molecule has 4 aromatic carbocycles. The van der Waals surface area contributed by atoms with Gasteiger partial charge in [-0.1, -0.05) is 132 Å². The van der Waals surface area contributed by atoms with Crippen molar-refractivity contribution in [3.05, 3.63) is 143 Å². The zero-order valence-electron chi connectivity index (χ0n) is 35.4. The lowest BCUT2D eigenvalue weighted by atomic mass is 9.72. The van der Waals surface area contributed by atoms with Gasteiger partial charge in [0.25, 0.3) is 0 Å². The van der Waals surface area contributed by atoms with Gasteiger partial charge in [-0.2, -0.15) is 20.5 Å². The Morgan fingerprint density at radius 1 is 0.456 bits per heavy atom. The van der Waals surface area contributed by atoms with Gasteiger partial charge in [0, 0.05) is 45.2 Å². The number of azo groups is 2. The minimum Gasteiger partial charge on any atom is -0.457 e. The first-order valence-electron chi connectivity index (χ1n) is 19.5. The van der Waals surface area contributed by atoms with Crippen LogP contribution in [0.4, 0.5) is 11.4 Å². The largest absolute Gasteiger partial charge is 0.457 e. The van der Waals surface area contributed by atoms with E-state index < -0.39 is 0 Å². The van der Waals surface area contributed by atoms with Gasteiger partial charge < -0.3 is 4.74 Å². The van der Waals surface area contributed by atoms with Crippen LogP contribution in [0.25, 0.3) is 21.5 Å². The lowest BCUT2D eigenvalue weighted by molar-refractivity contribution is -0.114. The van der Waals surface area contributed by atoms with Gasteiger partial charge in [-0.25, -0.2) is 0 Å². The molecule has 6 rings (SSSR count). The van der Waals surface area contributed by atoms with Crippen LogP contribution in [0.1, 0.15) is 83.1 Å². The summed E-state index contributed by atoms with van der Waals surface area (Å²) in [7, 11) is 0. The molecule has 0 aliphatic heterocycles. The summed E-state index contributed by atoms with van der Waals surface area (Å²) in [6.07, 6.45) is 11.1. The van der Waals surface area contributed by atoms with Crippen molar-refractivity contribution < 1.29 is 14.3 Å². The average Bonchev–Trinajstić information content (AvgIpc) is 3.10. The number of ketones is 2. The Kier molecular flexibility index (Phi) is 10.9. The second-order valence-electron chi connectivity index (χ2n) is 19.0. The number of nitrogens with zero attached hydrogens (tertiary/aromatic N) is 4. The van der Waals surface area contributed by atoms with E-state index in [2.05, 4.69) is 104 Å². The van der Waals surface area contributed by atoms with Gasteiger partial charge >= 0.3 is 0 Å². The number of benzene rings is 4. The molecule has 0 heterocycles. The number of ether oxygens (including phenoxy) is 1. The first kappa shape index (κ1) is 40.8. The number of rotatable bonds is 6. The molecule has 0 N–H and O–H groups in total. The van der Waals surface area contributed by atoms with E-state index in [-0.39, 0.29) is 33.2 Å². The lowest BCUT2D eigenvalue weighted by Gasteiger charge is -2.31. The highest BCUT2D eigenvalue weighted by Crippen LogP contribution is 2.42. The van der Waals surface area contributed by atoms with Crippen LogP contribution < -0.4 is 4.74 Å². The molecule has 2 aliphatic carbocycles. The first-order valence-corrected chi connectivity index (χ1v) is 19.5. The third-order valence-electron chi connectivity index (χ3n) is 10.1. The highest BCUT2D eigenvalue weighted by Gasteiger charge is 2.35. The van der Waals surface area contributed by atoms with Crippen molar-refractivity contribution in [2.75, 3.05) is 0 Å². The van der Waals surface area contributed by atoms with E-state index in [0.29, 0.717) is 22.9 Å². The summed E-state index contributed by atoms with van der Waals surface area (Å²) in [5, 5.41) is 22.2. The summed E-state index contributed by atoms with van der Waals surface area (Å²) in [4.78, 5) is 26.9. The van der Waals surface area contributed by atoms with Crippen LogP contribution in [-0.4, -0.2) is 11.6 Å². The molecule has 0 saturated heterocycles. The van der Waals surface area contributed by atoms with Crippen LogP contribution >= 0.6 is 0 Å². The molecule has 4 aromatic rings. The van der Waals surface area contributed by atoms with E-state index in [1.807, 2.05) is 97.1 Å². The molecule has 0 unspecified atom stereocenters. The minimum absolute atomic E-state index is 0.0795. The summed E-state index contributed by atoms with van der Waals surface area (Å²) < 4.78 is 6.55. The van der Waals surface area contributed by atoms with Crippen LogP contribution in [-0.2, 0) is 9.59 Å². The van der Waals surface area contributed by atoms with Crippen LogP contribution in [0.15, 0.2) is 163 Å². The summed E-state index contributed by atoms with van der Waals surface area (Å²) in [6.45, 7) is 24.7. The second-order valence-corrected chi connectivity index (χ2v) is 19.0. The average molecular weight is 759 g/mol. The van der Waals surface area contributed by atoms with E-state index >= 15 is 0 Å². The Hall–Kier alpha value is -5.82. The van der Waals surface area contributed by atoms with E-state index in [9.17, 15) is 9.59 Å². The Morgan fingerprint density at radius 3 is 1.09 bits per heavy atom. The van der Waals surface area contributed by atoms with Crippen molar-refractivity contribution in [1.82, 2.24) is 0 Å². The highest BCUT2D eigenvalue weighted by atomic mass is 16.5. The predicted molar refractivity (Wildman–Crippen MR) is 233 cm³/mol. The van der Waals surface area contributed by atoms with Gasteiger partial charge in [0.05, 0.1) is 23.8 Å². The summed E-state index contributed by atoms with van der Waals surface area (Å²) in [5.41, 5.74) is 4.69. The van der Waals surface area contributed by atoms with Gasteiger partial charge in [0.2, 0.25) is 0 Å². The highest BCUT2D eigenvalue weighted by molar-refractivity contribution is 6.12. The number of Topliss-reactive ketones (excluding diaryl/α,β-unsaturated/α-hetero) is 2. The third-order valence-corrected chi connectivity index (χ3v) is 10.1. The summed E-state index contributed by atoms with van der Waals surface area (Å²) in [6, 6.07) is 23.7. The normalized spacial score (nSPS) is 16.0. The number of hydrogen-bond acceptors (Lipinski definition) is 7. The molecule has 0 aromatic heterocycles. The number of carbonyl (C=O) groups excluding carboxylic acids is 2. The Bertz CT molecular complexity index is 2300. The molecule has 0 atom stereocenters. The van der Waals surface area contributed by atoms with E-state index in [0.717, 1.165) is 55.0 Å². The van der Waals surface area contributed by atoms with Crippen molar-refractivity contribution in [3.8, 4) is 11.5 Å². The zero-order chi connectivity index (χ0) is 41.5. The van der Waals surface area contributed by atoms with Crippen molar-refractivity contribution >= 4 is 44.5 Å². The lowest BCUT2D eigenvalue weighted by Crippen LogP contribution is -2.27. The van der Waals surface area contributed by atoms with E-state index in [1.54, 1.807) is 12.4 Å². The molecule has 57 heavy (non-hydrogen) atoms. The molecule has 0 amide bonds. The molecule has 7 nitrogen and oxygen atoms in total. The van der Waals surface area contributed by atoms with E-state index in [4.69, 9.17) is 4.74 Å². The number of carbonyl (C=O) groups is 2. The first-order chi connectivity index (χ1) is 26.6. The fourth-order valence-corrected chi connectivity index (χ4v) is 6.94. The van der Waals surface area contributed by atoms with Crippen molar-refractivity contribution in [2.45, 2.75) is 83.1 Å². The Morgan fingerprint density at radius 2 is 0.772 bits per heavy atom. The molecule has 2 aliphatic rings. The molecule has 292 valence electrons. The van der Waals surface area contributed by atoms with Gasteiger partial charge in [-0.05, 0) is 80.0 Å². The molecule has 0 saturated carbocycles. The van der Waals surface area contributed by atoms with Crippen molar-refractivity contribution in [3.63, 3.8) is 0 Å². The second kappa shape index (κ2) is 15.3. The number of allylic oxidation sites excluding steroid dienone is 10. The summed E-state index contributed by atoms with van der Waals surface area (Å²) in [5.74, 6) is 1.34. The van der Waals surface area contributed by atoms with Crippen molar-refractivity contribution in [2.24, 2.45) is 42.1 Å². The maximum absolute atomic E-state index is 13.4. The molecule has 7 heteroatoms. The van der Waals surface area contributed by atoms with Gasteiger partial charge in [0.15, 0.2) is 11.6 Å². The van der Waals surface area contributed by atoms with Crippen molar-refractivity contribution in [1.29, 1.82) is 0 Å². The van der Waals surface area contributed by atoms with Gasteiger partial charge in [-0.15, -0.1) is 0 Å². The van der Waals surface area contributed by atoms with Gasteiger partial charge in [-0.3, -0.25) is 9.59 Å². The fourth-order valence-electron chi connectivity index (χ4n) is 6.94. The quantitative estimate of drug-likeness (QED) is 0.183. The molecule has 0 spiro atoms. The zero-order valence-corrected chi connectivity index (χ0v) is 35.4. The molecule has 0 fully saturated rings. The monoisotopic (exact) mass is 758 g/mol. The Labute approximate surface area is 337 Å². The maximum atomic E-state index is 13.4. The number of fused-ring (bicyclic) bond motifs is 2. The number of hydrogen-bond donors (Lipinski definition) is 0. The smallest absolute Gasteiger partial charge is 0.186 e. The molecule has 0 radical (unpaired) electrons. The maximum Gasteiger partial charge on any atom is 0.186 e. The van der Waals surface area contributed by atoms with E-state index in [1.165, 1.54) is 0 Å². The Balaban J connectivity index is 1.36. The standard InChI is InChI=1S/C50H54N4O3/c1-47(2,3)39-21-31(22-40(45(39)55)48(4,5)6)29-51-53-43-27-35(25-33-17-13-15-19-37(33)43)57-36-26-34-18-14-16-20-38(34)44(28-36)54-52-30-32-23-41(49(7,8)9)46(56)42(24-32)50(10,11)12/h13-30H,1-12H3. The topological polar surface area (TPSA) is 92.8 Å². The SMILES string of the molecule is CC(C)(C)C1=CC(=CN=Nc2cc(Oc3cc(N=NC=C4C=C(C(C)(C)C)C(=O)C(C(C)(C)C)=C4)c4ccccc4c3)cc3ccccc23)C=C(C(C)(C)C)C1=O. The van der Waals surface area contributed by atoms with Crippen LogP contribution in [0.5, 0.6) is 11.5 Å². The molecule has 0 bridgehead atoms. The molecular formula is C50H54N4O3. The van der Waals surface area contributed by atoms with Gasteiger partial charge in [0.1, 0.15) is 11.5 Å². The fraction of sp³-hybridized carbons (Fsp3) is 0.320. The van der Waals surface area contributed by atoms with Crippen LogP contribution in [0.2, 0.25) is 0 Å². The minimum atomic E-state index is -0.320.